The Kier molecular flexibility index (Phi) is 7.55. The number of hydrogen-bond donors (Lipinski definition) is 1. The number of nitrogens with zero attached hydrogens (tertiary/aromatic N) is 3. The van der Waals surface area contributed by atoms with E-state index in [-0.39, 0.29) is 30.7 Å². The summed E-state index contributed by atoms with van der Waals surface area (Å²) in [6, 6.07) is 10.0. The van der Waals surface area contributed by atoms with Crippen molar-refractivity contribution in [2.45, 2.75) is 19.5 Å². The van der Waals surface area contributed by atoms with E-state index in [1.807, 2.05) is 43.6 Å². The van der Waals surface area contributed by atoms with Crippen molar-refractivity contribution >= 4 is 30.7 Å². The Morgan fingerprint density at radius 2 is 2.00 bits per heavy atom. The topological polar surface area (TPSA) is 50.2 Å². The molecule has 1 aromatic carbocycles. The number of fused-ring (bicyclic) bond motifs is 1. The van der Waals surface area contributed by atoms with Gasteiger partial charge in [0.15, 0.2) is 0 Å². The van der Waals surface area contributed by atoms with Gasteiger partial charge in [0.05, 0.1) is 0 Å². The molecule has 5 nitrogen and oxygen atoms in total. The summed E-state index contributed by atoms with van der Waals surface area (Å²) in [5, 5.41) is 3.33. The van der Waals surface area contributed by atoms with Gasteiger partial charge in [-0.25, -0.2) is 4.98 Å². The van der Waals surface area contributed by atoms with Crippen molar-refractivity contribution in [2.24, 2.45) is 0 Å². The van der Waals surface area contributed by atoms with Crippen LogP contribution in [0.1, 0.15) is 21.9 Å². The molecular weight excluding hydrogens is 335 g/mol. The summed E-state index contributed by atoms with van der Waals surface area (Å²) in [6.07, 6.45) is 2.75. The van der Waals surface area contributed by atoms with Crippen LogP contribution in [-0.4, -0.2) is 40.5 Å². The van der Waals surface area contributed by atoms with E-state index in [1.165, 1.54) is 0 Å². The number of amides is 1. The Labute approximate surface area is 148 Å². The smallest absolute Gasteiger partial charge is 0.274 e. The largest absolute Gasteiger partial charge is 0.336 e. The zero-order valence-corrected chi connectivity index (χ0v) is 14.7. The van der Waals surface area contributed by atoms with Crippen molar-refractivity contribution in [3.8, 4) is 0 Å². The van der Waals surface area contributed by atoms with Crippen LogP contribution in [-0.2, 0) is 19.5 Å². The zero-order chi connectivity index (χ0) is 14.7. The minimum Gasteiger partial charge on any atom is -0.336 e. The molecule has 2 aromatic rings. The predicted molar refractivity (Wildman–Crippen MR) is 95.5 cm³/mol. The highest BCUT2D eigenvalue weighted by Gasteiger charge is 2.18. The first-order valence-corrected chi connectivity index (χ1v) is 7.30. The fraction of sp³-hybridized carbons (Fsp3) is 0.375. The third kappa shape index (κ3) is 4.70. The first kappa shape index (κ1) is 19.5. The molecular formula is C16H22Cl2N4O. The van der Waals surface area contributed by atoms with Crippen LogP contribution in [0.3, 0.4) is 0 Å². The summed E-state index contributed by atoms with van der Waals surface area (Å²) < 4.78 is 2.09. The molecule has 1 aliphatic heterocycles. The predicted octanol–water partition coefficient (Wildman–Crippen LogP) is 2.14. The number of benzene rings is 1. The molecule has 0 saturated heterocycles. The van der Waals surface area contributed by atoms with Crippen molar-refractivity contribution in [1.82, 2.24) is 19.8 Å². The summed E-state index contributed by atoms with van der Waals surface area (Å²) >= 11 is 0. The highest BCUT2D eigenvalue weighted by molar-refractivity contribution is 5.92. The summed E-state index contributed by atoms with van der Waals surface area (Å²) in [7, 11) is 1.82. The Morgan fingerprint density at radius 3 is 2.74 bits per heavy atom. The minimum atomic E-state index is -0.0209. The molecule has 0 fully saturated rings. The molecule has 3 rings (SSSR count). The minimum absolute atomic E-state index is 0. The maximum Gasteiger partial charge on any atom is 0.274 e. The normalized spacial score (nSPS) is 13.1. The molecule has 0 aliphatic carbocycles. The fourth-order valence-electron chi connectivity index (χ4n) is 2.60. The number of carbonyl (C=O) groups is 1. The van der Waals surface area contributed by atoms with Crippen LogP contribution in [0.2, 0.25) is 0 Å². The van der Waals surface area contributed by atoms with Gasteiger partial charge in [0.25, 0.3) is 5.91 Å². The SMILES string of the molecule is CN(Cc1ccccc1)C(=O)c1cn2c(n1)CCNCC2.Cl.Cl. The lowest BCUT2D eigenvalue weighted by molar-refractivity contribution is 0.0779. The van der Waals surface area contributed by atoms with E-state index < -0.39 is 0 Å². The number of aromatic nitrogens is 2. The highest BCUT2D eigenvalue weighted by Crippen LogP contribution is 2.10. The molecule has 2 heterocycles. The van der Waals surface area contributed by atoms with E-state index in [4.69, 9.17) is 0 Å². The van der Waals surface area contributed by atoms with Crippen molar-refractivity contribution in [3.63, 3.8) is 0 Å². The van der Waals surface area contributed by atoms with Crippen molar-refractivity contribution in [1.29, 1.82) is 0 Å². The van der Waals surface area contributed by atoms with Crippen LogP contribution in [0, 0.1) is 0 Å². The van der Waals surface area contributed by atoms with E-state index in [9.17, 15) is 4.79 Å². The van der Waals surface area contributed by atoms with E-state index in [0.29, 0.717) is 12.2 Å². The van der Waals surface area contributed by atoms with Gasteiger partial charge in [-0.3, -0.25) is 4.79 Å². The molecule has 7 heteroatoms. The monoisotopic (exact) mass is 356 g/mol. The van der Waals surface area contributed by atoms with Gasteiger partial charge in [-0.2, -0.15) is 0 Å². The van der Waals surface area contributed by atoms with Crippen molar-refractivity contribution in [2.75, 3.05) is 20.1 Å². The van der Waals surface area contributed by atoms with Gasteiger partial charge in [0.1, 0.15) is 11.5 Å². The van der Waals surface area contributed by atoms with Crippen LogP contribution in [0.4, 0.5) is 0 Å². The van der Waals surface area contributed by atoms with Gasteiger partial charge in [-0.05, 0) is 5.56 Å². The molecule has 1 aromatic heterocycles. The first-order valence-electron chi connectivity index (χ1n) is 7.30. The molecule has 0 radical (unpaired) electrons. The van der Waals surface area contributed by atoms with Crippen LogP contribution in [0.15, 0.2) is 36.5 Å². The molecule has 0 bridgehead atoms. The molecule has 0 spiro atoms. The quantitative estimate of drug-likeness (QED) is 0.916. The van der Waals surface area contributed by atoms with Gasteiger partial charge in [0.2, 0.25) is 0 Å². The lowest BCUT2D eigenvalue weighted by Crippen LogP contribution is -2.26. The molecule has 1 aliphatic rings. The Bertz CT molecular complexity index is 607. The molecule has 0 saturated carbocycles. The third-order valence-electron chi connectivity index (χ3n) is 3.74. The summed E-state index contributed by atoms with van der Waals surface area (Å²) in [5.41, 5.74) is 1.67. The number of halogens is 2. The van der Waals surface area contributed by atoms with Crippen molar-refractivity contribution in [3.05, 3.63) is 53.6 Å². The van der Waals surface area contributed by atoms with Gasteiger partial charge in [-0.1, -0.05) is 30.3 Å². The third-order valence-corrected chi connectivity index (χ3v) is 3.74. The van der Waals surface area contributed by atoms with E-state index in [2.05, 4.69) is 14.9 Å². The molecule has 23 heavy (non-hydrogen) atoms. The second kappa shape index (κ2) is 8.91. The average Bonchev–Trinajstić information content (AvgIpc) is 2.78. The summed E-state index contributed by atoms with van der Waals surface area (Å²) in [6.45, 7) is 3.32. The Hall–Kier alpha value is -1.56. The number of imidazole rings is 1. The van der Waals surface area contributed by atoms with E-state index in [0.717, 1.165) is 37.4 Å². The zero-order valence-electron chi connectivity index (χ0n) is 13.1. The number of rotatable bonds is 3. The van der Waals surface area contributed by atoms with Gasteiger partial charge in [-0.15, -0.1) is 24.8 Å². The van der Waals surface area contributed by atoms with Crippen molar-refractivity contribution < 1.29 is 4.79 Å². The lowest BCUT2D eigenvalue weighted by atomic mass is 10.2. The van der Waals surface area contributed by atoms with Crippen LogP contribution < -0.4 is 5.32 Å². The number of carbonyl (C=O) groups excluding carboxylic acids is 1. The van der Waals surface area contributed by atoms with Crippen LogP contribution in [0.25, 0.3) is 0 Å². The first-order chi connectivity index (χ1) is 10.2. The van der Waals surface area contributed by atoms with Crippen LogP contribution in [0.5, 0.6) is 0 Å². The van der Waals surface area contributed by atoms with E-state index >= 15 is 0 Å². The number of hydrogen-bond acceptors (Lipinski definition) is 3. The van der Waals surface area contributed by atoms with Gasteiger partial charge < -0.3 is 14.8 Å². The second-order valence-corrected chi connectivity index (χ2v) is 5.38. The van der Waals surface area contributed by atoms with Crippen LogP contribution >= 0.6 is 24.8 Å². The highest BCUT2D eigenvalue weighted by atomic mass is 35.5. The molecule has 0 atom stereocenters. The average molecular weight is 357 g/mol. The molecule has 1 N–H and O–H groups in total. The maximum absolute atomic E-state index is 12.5. The summed E-state index contributed by atoms with van der Waals surface area (Å²) in [5.74, 6) is 0.976. The Balaban J connectivity index is 0.00000132. The summed E-state index contributed by atoms with van der Waals surface area (Å²) in [4.78, 5) is 18.7. The second-order valence-electron chi connectivity index (χ2n) is 5.38. The molecule has 126 valence electrons. The van der Waals surface area contributed by atoms with Gasteiger partial charge >= 0.3 is 0 Å². The maximum atomic E-state index is 12.5. The lowest BCUT2D eigenvalue weighted by Gasteiger charge is -2.15. The molecule has 1 amide bonds. The van der Waals surface area contributed by atoms with E-state index in [1.54, 1.807) is 4.90 Å². The van der Waals surface area contributed by atoms with Gasteiger partial charge in [0, 0.05) is 45.8 Å². The Morgan fingerprint density at radius 1 is 1.26 bits per heavy atom. The standard InChI is InChI=1S/C16H20N4O.2ClH/c1-19(11-13-5-3-2-4-6-13)16(21)14-12-20-10-9-17-8-7-15(20)18-14;;/h2-6,12,17H,7-11H2,1H3;2*1H. The fourth-order valence-corrected chi connectivity index (χ4v) is 2.60. The molecule has 0 unspecified atom stereocenters. The number of nitrogens with one attached hydrogen (secondary N) is 1.